The summed E-state index contributed by atoms with van der Waals surface area (Å²) in [5, 5.41) is 9.25. The van der Waals surface area contributed by atoms with E-state index in [-0.39, 0.29) is 0 Å². The predicted octanol–water partition coefficient (Wildman–Crippen LogP) is 11.9. The summed E-state index contributed by atoms with van der Waals surface area (Å²) >= 11 is 0. The summed E-state index contributed by atoms with van der Waals surface area (Å²) in [5.41, 5.74) is 6.80. The van der Waals surface area contributed by atoms with Gasteiger partial charge in [-0.25, -0.2) is 15.0 Å². The first-order valence-corrected chi connectivity index (χ1v) is 16.4. The predicted molar refractivity (Wildman–Crippen MR) is 201 cm³/mol. The minimum Gasteiger partial charge on any atom is -0.456 e. The molecule has 8 aromatic carbocycles. The monoisotopic (exact) mass is 625 g/mol. The Labute approximate surface area is 282 Å². The van der Waals surface area contributed by atoms with E-state index in [1.54, 1.807) is 0 Å². The number of fused-ring (bicyclic) bond motifs is 6. The number of para-hydroxylation sites is 1. The Morgan fingerprint density at radius 1 is 0.286 bits per heavy atom. The van der Waals surface area contributed by atoms with Gasteiger partial charge in [0.2, 0.25) is 0 Å². The summed E-state index contributed by atoms with van der Waals surface area (Å²) in [6.07, 6.45) is 0. The minimum atomic E-state index is 0.599. The Morgan fingerprint density at radius 3 is 1.27 bits per heavy atom. The van der Waals surface area contributed by atoms with Gasteiger partial charge in [-0.15, -0.1) is 0 Å². The van der Waals surface area contributed by atoms with Gasteiger partial charge in [0.15, 0.2) is 17.5 Å². The van der Waals surface area contributed by atoms with Crippen molar-refractivity contribution < 1.29 is 4.42 Å². The first-order chi connectivity index (χ1) is 24.2. The van der Waals surface area contributed by atoms with Crippen molar-refractivity contribution in [3.8, 4) is 45.3 Å². The van der Waals surface area contributed by atoms with Gasteiger partial charge >= 0.3 is 0 Å². The summed E-state index contributed by atoms with van der Waals surface area (Å²) in [6.45, 7) is 0. The van der Waals surface area contributed by atoms with E-state index < -0.39 is 0 Å². The standard InChI is InChI=1S/C45H27N3O/c1-3-9-30-23-32(15-13-28(30)7-1)33-16-17-35-26-37(20-18-34(35)24-33)44-46-43(36-19-14-29-8-2-4-10-31(29)25-36)47-45(48-44)38-21-22-40-39-11-5-6-12-41(39)49-42(40)27-38/h1-27H. The Morgan fingerprint density at radius 2 is 0.673 bits per heavy atom. The minimum absolute atomic E-state index is 0.599. The molecule has 0 aliphatic heterocycles. The largest absolute Gasteiger partial charge is 0.456 e. The molecule has 0 aliphatic rings. The van der Waals surface area contributed by atoms with Crippen LogP contribution < -0.4 is 0 Å². The molecule has 2 aromatic heterocycles. The van der Waals surface area contributed by atoms with Crippen LogP contribution in [0.4, 0.5) is 0 Å². The molecule has 0 N–H and O–H groups in total. The molecule has 10 rings (SSSR count). The Hall–Kier alpha value is -6.65. The first kappa shape index (κ1) is 27.5. The third-order valence-electron chi connectivity index (χ3n) is 9.46. The zero-order valence-corrected chi connectivity index (χ0v) is 26.3. The molecule has 0 spiro atoms. The molecule has 0 fully saturated rings. The average Bonchev–Trinajstić information content (AvgIpc) is 3.55. The Balaban J connectivity index is 1.10. The quantitative estimate of drug-likeness (QED) is 0.195. The third kappa shape index (κ3) is 4.81. The molecule has 0 atom stereocenters. The molecular weight excluding hydrogens is 599 g/mol. The second-order valence-corrected chi connectivity index (χ2v) is 12.5. The van der Waals surface area contributed by atoms with Gasteiger partial charge in [0, 0.05) is 27.5 Å². The second-order valence-electron chi connectivity index (χ2n) is 12.5. The summed E-state index contributed by atoms with van der Waals surface area (Å²) < 4.78 is 6.23. The maximum Gasteiger partial charge on any atom is 0.164 e. The fourth-order valence-corrected chi connectivity index (χ4v) is 6.89. The second kappa shape index (κ2) is 11.0. The number of aromatic nitrogens is 3. The van der Waals surface area contributed by atoms with Gasteiger partial charge in [-0.1, -0.05) is 121 Å². The fourth-order valence-electron chi connectivity index (χ4n) is 6.89. The van der Waals surface area contributed by atoms with Crippen LogP contribution in [0.15, 0.2) is 168 Å². The third-order valence-corrected chi connectivity index (χ3v) is 9.46. The van der Waals surface area contributed by atoms with E-state index in [1.807, 2.05) is 24.3 Å². The van der Waals surface area contributed by atoms with Crippen molar-refractivity contribution in [1.82, 2.24) is 15.0 Å². The van der Waals surface area contributed by atoms with Crippen molar-refractivity contribution in [2.24, 2.45) is 0 Å². The first-order valence-electron chi connectivity index (χ1n) is 16.4. The molecule has 228 valence electrons. The summed E-state index contributed by atoms with van der Waals surface area (Å²) in [5.74, 6) is 1.85. The van der Waals surface area contributed by atoms with Gasteiger partial charge in [-0.05, 0) is 85.9 Å². The highest BCUT2D eigenvalue weighted by Crippen LogP contribution is 2.34. The van der Waals surface area contributed by atoms with Crippen molar-refractivity contribution in [3.05, 3.63) is 164 Å². The van der Waals surface area contributed by atoms with Crippen molar-refractivity contribution in [2.45, 2.75) is 0 Å². The highest BCUT2D eigenvalue weighted by atomic mass is 16.3. The van der Waals surface area contributed by atoms with E-state index in [0.717, 1.165) is 54.8 Å². The molecule has 49 heavy (non-hydrogen) atoms. The van der Waals surface area contributed by atoms with Crippen LogP contribution in [0.2, 0.25) is 0 Å². The van der Waals surface area contributed by atoms with E-state index >= 15 is 0 Å². The molecule has 0 saturated heterocycles. The highest BCUT2D eigenvalue weighted by molar-refractivity contribution is 6.05. The number of rotatable bonds is 4. The lowest BCUT2D eigenvalue weighted by Gasteiger charge is -2.10. The van der Waals surface area contributed by atoms with Crippen LogP contribution in [0.1, 0.15) is 0 Å². The van der Waals surface area contributed by atoms with Gasteiger partial charge in [-0.2, -0.15) is 0 Å². The smallest absolute Gasteiger partial charge is 0.164 e. The lowest BCUT2D eigenvalue weighted by atomic mass is 9.98. The SMILES string of the molecule is c1ccc2cc(-c3ccc4cc(-c5nc(-c6ccc7ccccc7c6)nc(-c6ccc7c(c6)oc6ccccc67)n5)ccc4c3)ccc2c1. The zero-order valence-electron chi connectivity index (χ0n) is 26.3. The van der Waals surface area contributed by atoms with Crippen molar-refractivity contribution in [1.29, 1.82) is 0 Å². The normalized spacial score (nSPS) is 11.7. The van der Waals surface area contributed by atoms with Crippen LogP contribution in [-0.2, 0) is 0 Å². The van der Waals surface area contributed by atoms with Crippen LogP contribution in [-0.4, -0.2) is 15.0 Å². The summed E-state index contributed by atoms with van der Waals surface area (Å²) in [7, 11) is 0. The van der Waals surface area contributed by atoms with Gasteiger partial charge in [-0.3, -0.25) is 0 Å². The molecule has 0 bridgehead atoms. The average molecular weight is 626 g/mol. The van der Waals surface area contributed by atoms with Gasteiger partial charge in [0.25, 0.3) is 0 Å². The number of furan rings is 1. The van der Waals surface area contributed by atoms with Gasteiger partial charge in [0.05, 0.1) is 0 Å². The van der Waals surface area contributed by atoms with Crippen LogP contribution in [0.3, 0.4) is 0 Å². The van der Waals surface area contributed by atoms with Crippen molar-refractivity contribution in [3.63, 3.8) is 0 Å². The van der Waals surface area contributed by atoms with E-state index in [0.29, 0.717) is 17.5 Å². The van der Waals surface area contributed by atoms with Crippen molar-refractivity contribution in [2.75, 3.05) is 0 Å². The summed E-state index contributed by atoms with van der Waals surface area (Å²) in [6, 6.07) is 57.2. The molecule has 2 heterocycles. The number of benzene rings is 8. The Kier molecular flexibility index (Phi) is 6.15. The molecule has 0 aliphatic carbocycles. The van der Waals surface area contributed by atoms with E-state index in [1.165, 1.54) is 27.3 Å². The lowest BCUT2D eigenvalue weighted by molar-refractivity contribution is 0.669. The molecule has 0 unspecified atom stereocenters. The zero-order chi connectivity index (χ0) is 32.3. The Bertz CT molecular complexity index is 2900. The molecule has 4 nitrogen and oxygen atoms in total. The summed E-state index contributed by atoms with van der Waals surface area (Å²) in [4.78, 5) is 15.2. The van der Waals surface area contributed by atoms with E-state index in [2.05, 4.69) is 140 Å². The van der Waals surface area contributed by atoms with Gasteiger partial charge in [0.1, 0.15) is 11.2 Å². The lowest BCUT2D eigenvalue weighted by Crippen LogP contribution is -2.00. The molecule has 0 saturated carbocycles. The number of hydrogen-bond acceptors (Lipinski definition) is 4. The topological polar surface area (TPSA) is 51.8 Å². The number of nitrogens with zero attached hydrogens (tertiary/aromatic N) is 3. The van der Waals surface area contributed by atoms with E-state index in [9.17, 15) is 0 Å². The maximum absolute atomic E-state index is 6.23. The molecule has 10 aromatic rings. The molecule has 4 heteroatoms. The number of hydrogen-bond donors (Lipinski definition) is 0. The fraction of sp³-hybridized carbons (Fsp3) is 0. The molecular formula is C45H27N3O. The van der Waals surface area contributed by atoms with Crippen LogP contribution in [0.25, 0.3) is 99.5 Å². The van der Waals surface area contributed by atoms with E-state index in [4.69, 9.17) is 19.4 Å². The van der Waals surface area contributed by atoms with Crippen LogP contribution in [0, 0.1) is 0 Å². The highest BCUT2D eigenvalue weighted by Gasteiger charge is 2.15. The maximum atomic E-state index is 6.23. The van der Waals surface area contributed by atoms with Crippen molar-refractivity contribution >= 4 is 54.3 Å². The van der Waals surface area contributed by atoms with Gasteiger partial charge < -0.3 is 4.42 Å². The van der Waals surface area contributed by atoms with Crippen LogP contribution in [0.5, 0.6) is 0 Å². The van der Waals surface area contributed by atoms with Crippen LogP contribution >= 0.6 is 0 Å². The molecule has 0 radical (unpaired) electrons. The molecule has 0 amide bonds.